The SMILES string of the molecule is COc1cc(NC(C(=O)O)C(C)C)cc([N+](=O)[O-])c1. The molecule has 1 unspecified atom stereocenters. The molecule has 0 aromatic heterocycles. The van der Waals surface area contributed by atoms with E-state index in [2.05, 4.69) is 5.32 Å². The molecule has 0 heterocycles. The van der Waals surface area contributed by atoms with E-state index in [0.717, 1.165) is 0 Å². The standard InChI is InChI=1S/C12H16N2O5/c1-7(2)11(12(15)16)13-8-4-9(14(17)18)6-10(5-8)19-3/h4-7,11,13H,1-3H3,(H,15,16). The minimum Gasteiger partial charge on any atom is -0.496 e. The molecule has 0 bridgehead atoms. The van der Waals surface area contributed by atoms with Gasteiger partial charge in [0.2, 0.25) is 0 Å². The molecule has 2 N–H and O–H groups in total. The van der Waals surface area contributed by atoms with Crippen LogP contribution in [0.25, 0.3) is 0 Å². The van der Waals surface area contributed by atoms with Gasteiger partial charge < -0.3 is 15.2 Å². The first-order valence-electron chi connectivity index (χ1n) is 5.68. The lowest BCUT2D eigenvalue weighted by Crippen LogP contribution is -2.34. The summed E-state index contributed by atoms with van der Waals surface area (Å²) >= 11 is 0. The Morgan fingerprint density at radius 2 is 2.05 bits per heavy atom. The van der Waals surface area contributed by atoms with Gasteiger partial charge in [0, 0.05) is 17.8 Å². The summed E-state index contributed by atoms with van der Waals surface area (Å²) in [6, 6.07) is 3.24. The molecule has 0 saturated carbocycles. The summed E-state index contributed by atoms with van der Waals surface area (Å²) in [5, 5.41) is 22.6. The molecule has 19 heavy (non-hydrogen) atoms. The largest absolute Gasteiger partial charge is 0.496 e. The smallest absolute Gasteiger partial charge is 0.326 e. The van der Waals surface area contributed by atoms with Crippen molar-refractivity contribution in [2.45, 2.75) is 19.9 Å². The van der Waals surface area contributed by atoms with E-state index in [9.17, 15) is 14.9 Å². The normalized spacial score (nSPS) is 12.0. The molecule has 1 rings (SSSR count). The maximum Gasteiger partial charge on any atom is 0.326 e. The number of hydrogen-bond donors (Lipinski definition) is 2. The second kappa shape index (κ2) is 6.03. The van der Waals surface area contributed by atoms with E-state index in [0.29, 0.717) is 11.4 Å². The zero-order valence-corrected chi connectivity index (χ0v) is 10.9. The lowest BCUT2D eigenvalue weighted by molar-refractivity contribution is -0.384. The van der Waals surface area contributed by atoms with Crippen molar-refractivity contribution < 1.29 is 19.6 Å². The highest BCUT2D eigenvalue weighted by molar-refractivity contribution is 5.78. The number of methoxy groups -OCH3 is 1. The average Bonchev–Trinajstić information content (AvgIpc) is 2.34. The number of nitrogens with zero attached hydrogens (tertiary/aromatic N) is 1. The summed E-state index contributed by atoms with van der Waals surface area (Å²) in [7, 11) is 1.39. The summed E-state index contributed by atoms with van der Waals surface area (Å²) in [6.07, 6.45) is 0. The Morgan fingerprint density at radius 3 is 2.47 bits per heavy atom. The predicted molar refractivity (Wildman–Crippen MR) is 69.5 cm³/mol. The topological polar surface area (TPSA) is 102 Å². The highest BCUT2D eigenvalue weighted by atomic mass is 16.6. The van der Waals surface area contributed by atoms with Gasteiger partial charge in [0.15, 0.2) is 0 Å². The lowest BCUT2D eigenvalue weighted by Gasteiger charge is -2.19. The summed E-state index contributed by atoms with van der Waals surface area (Å²) in [6.45, 7) is 3.50. The number of anilines is 1. The van der Waals surface area contributed by atoms with Crippen LogP contribution in [0.1, 0.15) is 13.8 Å². The Morgan fingerprint density at radius 1 is 1.42 bits per heavy atom. The molecule has 1 atom stereocenters. The number of ether oxygens (including phenoxy) is 1. The molecule has 7 nitrogen and oxygen atoms in total. The number of carboxylic acids is 1. The first kappa shape index (κ1) is 14.7. The molecular formula is C12H16N2O5. The molecule has 0 fully saturated rings. The Labute approximate surface area is 110 Å². The maximum absolute atomic E-state index is 11.1. The van der Waals surface area contributed by atoms with Gasteiger partial charge >= 0.3 is 5.97 Å². The zero-order chi connectivity index (χ0) is 14.6. The van der Waals surface area contributed by atoms with E-state index < -0.39 is 16.9 Å². The second-order valence-corrected chi connectivity index (χ2v) is 4.38. The fourth-order valence-electron chi connectivity index (χ4n) is 1.58. The summed E-state index contributed by atoms with van der Waals surface area (Å²) in [4.78, 5) is 21.3. The molecule has 104 valence electrons. The summed E-state index contributed by atoms with van der Waals surface area (Å²) < 4.78 is 4.96. The van der Waals surface area contributed by atoms with Crippen LogP contribution in [0.3, 0.4) is 0 Å². The zero-order valence-electron chi connectivity index (χ0n) is 10.9. The van der Waals surface area contributed by atoms with Crippen LogP contribution in [0.15, 0.2) is 18.2 Å². The second-order valence-electron chi connectivity index (χ2n) is 4.38. The first-order chi connectivity index (χ1) is 8.85. The number of carboxylic acid groups (broad SMARTS) is 1. The Balaban J connectivity index is 3.08. The van der Waals surface area contributed by atoms with Gasteiger partial charge in [0.1, 0.15) is 11.8 Å². The van der Waals surface area contributed by atoms with E-state index in [4.69, 9.17) is 9.84 Å². The number of nitro groups is 1. The fraction of sp³-hybridized carbons (Fsp3) is 0.417. The van der Waals surface area contributed by atoms with Crippen molar-refractivity contribution in [3.63, 3.8) is 0 Å². The van der Waals surface area contributed by atoms with Crippen LogP contribution in [-0.2, 0) is 4.79 Å². The first-order valence-corrected chi connectivity index (χ1v) is 5.68. The van der Waals surface area contributed by atoms with Crippen LogP contribution in [0.5, 0.6) is 5.75 Å². The monoisotopic (exact) mass is 268 g/mol. The van der Waals surface area contributed by atoms with Crippen molar-refractivity contribution in [2.75, 3.05) is 12.4 Å². The number of rotatable bonds is 6. The molecule has 0 aliphatic rings. The van der Waals surface area contributed by atoms with Gasteiger partial charge in [0.05, 0.1) is 18.1 Å². The van der Waals surface area contributed by atoms with Gasteiger partial charge in [-0.2, -0.15) is 0 Å². The van der Waals surface area contributed by atoms with Crippen molar-refractivity contribution in [2.24, 2.45) is 5.92 Å². The van der Waals surface area contributed by atoms with E-state index in [1.807, 2.05) is 0 Å². The molecule has 7 heteroatoms. The molecule has 0 amide bonds. The minimum absolute atomic E-state index is 0.158. The fourth-order valence-corrected chi connectivity index (χ4v) is 1.58. The number of aliphatic carboxylic acids is 1. The Bertz CT molecular complexity index is 487. The number of non-ortho nitro benzene ring substituents is 1. The van der Waals surface area contributed by atoms with Crippen LogP contribution < -0.4 is 10.1 Å². The van der Waals surface area contributed by atoms with Gasteiger partial charge in [-0.05, 0) is 5.92 Å². The van der Waals surface area contributed by atoms with Gasteiger partial charge in [-0.1, -0.05) is 13.8 Å². The number of nitro benzene ring substituents is 1. The quantitative estimate of drug-likeness (QED) is 0.605. The van der Waals surface area contributed by atoms with Gasteiger partial charge in [-0.3, -0.25) is 10.1 Å². The van der Waals surface area contributed by atoms with Crippen LogP contribution in [0, 0.1) is 16.0 Å². The third-order valence-corrected chi connectivity index (χ3v) is 2.59. The summed E-state index contributed by atoms with van der Waals surface area (Å²) in [5.41, 5.74) is 0.182. The van der Waals surface area contributed by atoms with Crippen LogP contribution in [0.2, 0.25) is 0 Å². The van der Waals surface area contributed by atoms with Crippen LogP contribution >= 0.6 is 0 Å². The highest BCUT2D eigenvalue weighted by Gasteiger charge is 2.22. The number of hydrogen-bond acceptors (Lipinski definition) is 5. The molecule has 0 saturated heterocycles. The van der Waals surface area contributed by atoms with Gasteiger partial charge in [0.25, 0.3) is 5.69 Å². The Kier molecular flexibility index (Phi) is 4.68. The molecule has 0 aliphatic carbocycles. The van der Waals surface area contributed by atoms with Crippen molar-refractivity contribution in [1.82, 2.24) is 0 Å². The van der Waals surface area contributed by atoms with Gasteiger partial charge in [-0.25, -0.2) is 4.79 Å². The third kappa shape index (κ3) is 3.84. The average molecular weight is 268 g/mol. The van der Waals surface area contributed by atoms with E-state index in [1.165, 1.54) is 25.3 Å². The molecule has 0 radical (unpaired) electrons. The molecule has 0 aliphatic heterocycles. The molecular weight excluding hydrogens is 252 g/mol. The van der Waals surface area contributed by atoms with Crippen molar-refractivity contribution in [3.05, 3.63) is 28.3 Å². The highest BCUT2D eigenvalue weighted by Crippen LogP contribution is 2.26. The predicted octanol–water partition coefficient (Wildman–Crippen LogP) is 2.12. The molecule has 1 aromatic rings. The van der Waals surface area contributed by atoms with Crippen molar-refractivity contribution in [3.8, 4) is 5.75 Å². The van der Waals surface area contributed by atoms with Crippen molar-refractivity contribution >= 4 is 17.3 Å². The Hall–Kier alpha value is -2.31. The number of carbonyl (C=O) groups is 1. The minimum atomic E-state index is -1.01. The molecule has 0 spiro atoms. The number of nitrogens with one attached hydrogen (secondary N) is 1. The van der Waals surface area contributed by atoms with Crippen molar-refractivity contribution in [1.29, 1.82) is 0 Å². The van der Waals surface area contributed by atoms with E-state index in [-0.39, 0.29) is 11.6 Å². The van der Waals surface area contributed by atoms with E-state index in [1.54, 1.807) is 13.8 Å². The maximum atomic E-state index is 11.1. The van der Waals surface area contributed by atoms with Crippen LogP contribution in [0.4, 0.5) is 11.4 Å². The van der Waals surface area contributed by atoms with E-state index >= 15 is 0 Å². The number of benzene rings is 1. The third-order valence-electron chi connectivity index (χ3n) is 2.59. The van der Waals surface area contributed by atoms with Gasteiger partial charge in [-0.15, -0.1) is 0 Å². The lowest BCUT2D eigenvalue weighted by atomic mass is 10.0. The summed E-state index contributed by atoms with van der Waals surface area (Å²) in [5.74, 6) is -0.882. The van der Waals surface area contributed by atoms with Crippen LogP contribution in [-0.4, -0.2) is 29.2 Å². The molecule has 1 aromatic carbocycles.